The first kappa shape index (κ1) is 12.6. The van der Waals surface area contributed by atoms with Crippen LogP contribution < -0.4 is 0 Å². The zero-order chi connectivity index (χ0) is 7.28. The van der Waals surface area contributed by atoms with Crippen molar-refractivity contribution in [2.24, 2.45) is 0 Å². The molecular formula is C8H15NW. The smallest absolute Gasteiger partial charge is 0.0145 e. The zero-order valence-corrected chi connectivity index (χ0v) is 10.00. The summed E-state index contributed by atoms with van der Waals surface area (Å²) in [6, 6.07) is 2.06. The Bertz CT molecular complexity index is 142. The van der Waals surface area contributed by atoms with E-state index in [9.17, 15) is 0 Å². The van der Waals surface area contributed by atoms with Crippen LogP contribution in [0.15, 0.2) is 12.3 Å². The van der Waals surface area contributed by atoms with Crippen LogP contribution in [0.3, 0.4) is 0 Å². The molecule has 1 N–H and O–H groups in total. The van der Waals surface area contributed by atoms with E-state index in [1.54, 1.807) is 0 Å². The quantitative estimate of drug-likeness (QED) is 0.758. The molecule has 0 unspecified atom stereocenters. The number of nitrogens with one attached hydrogen (secondary N) is 1. The summed E-state index contributed by atoms with van der Waals surface area (Å²) in [6.45, 7) is 8.15. The Morgan fingerprint density at radius 3 is 1.80 bits per heavy atom. The Balaban J connectivity index is 0. The molecule has 1 rings (SSSR count). The van der Waals surface area contributed by atoms with E-state index in [1.165, 1.54) is 11.3 Å². The second-order valence-corrected chi connectivity index (χ2v) is 1.79. The fourth-order valence-electron chi connectivity index (χ4n) is 0.531. The van der Waals surface area contributed by atoms with Gasteiger partial charge in [-0.15, -0.1) is 0 Å². The number of hydrogen-bond acceptors (Lipinski definition) is 0. The standard InChI is InChI=1S/C6H9N.C2H6.W/c1-5-3-4-7-6(5)2;1-2;/h3-4,7H,1-2H3;1-2H3;. The average Bonchev–Trinajstić information content (AvgIpc) is 2.23. The minimum absolute atomic E-state index is 0. The van der Waals surface area contributed by atoms with E-state index in [4.69, 9.17) is 0 Å². The molecule has 1 aromatic rings. The molecule has 0 fully saturated rings. The van der Waals surface area contributed by atoms with Crippen molar-refractivity contribution in [3.63, 3.8) is 0 Å². The minimum atomic E-state index is 0. The number of rotatable bonds is 0. The van der Waals surface area contributed by atoms with Gasteiger partial charge in [-0.1, -0.05) is 13.8 Å². The molecule has 10 heavy (non-hydrogen) atoms. The summed E-state index contributed by atoms with van der Waals surface area (Å²) in [5, 5.41) is 0. The fraction of sp³-hybridized carbons (Fsp3) is 0.500. The van der Waals surface area contributed by atoms with Crippen LogP contribution in [0.1, 0.15) is 25.1 Å². The van der Waals surface area contributed by atoms with Crippen molar-refractivity contribution < 1.29 is 21.1 Å². The fourth-order valence-corrected chi connectivity index (χ4v) is 0.531. The summed E-state index contributed by atoms with van der Waals surface area (Å²) in [4.78, 5) is 3.07. The summed E-state index contributed by atoms with van der Waals surface area (Å²) in [7, 11) is 0. The van der Waals surface area contributed by atoms with E-state index in [0.29, 0.717) is 0 Å². The molecule has 0 aliphatic heterocycles. The van der Waals surface area contributed by atoms with Gasteiger partial charge in [-0.25, -0.2) is 0 Å². The van der Waals surface area contributed by atoms with Crippen LogP contribution in [0.25, 0.3) is 0 Å². The maximum absolute atomic E-state index is 3.07. The number of aryl methyl sites for hydroxylation is 2. The second-order valence-electron chi connectivity index (χ2n) is 1.79. The number of hydrogen-bond donors (Lipinski definition) is 1. The van der Waals surface area contributed by atoms with Crippen molar-refractivity contribution in [3.8, 4) is 0 Å². The predicted octanol–water partition coefficient (Wildman–Crippen LogP) is 2.66. The van der Waals surface area contributed by atoms with Crippen molar-refractivity contribution in [2.75, 3.05) is 0 Å². The van der Waals surface area contributed by atoms with Gasteiger partial charge in [0.15, 0.2) is 0 Å². The van der Waals surface area contributed by atoms with Crippen LogP contribution in [0.4, 0.5) is 0 Å². The Morgan fingerprint density at radius 1 is 1.20 bits per heavy atom. The van der Waals surface area contributed by atoms with Crippen LogP contribution in [-0.4, -0.2) is 4.98 Å². The van der Waals surface area contributed by atoms with Crippen LogP contribution >= 0.6 is 0 Å². The van der Waals surface area contributed by atoms with Crippen LogP contribution in [0, 0.1) is 13.8 Å². The predicted molar refractivity (Wildman–Crippen MR) is 41.6 cm³/mol. The third-order valence-electron chi connectivity index (χ3n) is 1.22. The molecule has 1 nitrogen and oxygen atoms in total. The molecule has 2 heteroatoms. The first-order valence-electron chi connectivity index (χ1n) is 3.41. The average molecular weight is 309 g/mol. The van der Waals surface area contributed by atoms with Gasteiger partial charge in [0.05, 0.1) is 0 Å². The summed E-state index contributed by atoms with van der Waals surface area (Å²) >= 11 is 0. The van der Waals surface area contributed by atoms with Crippen molar-refractivity contribution >= 4 is 0 Å². The van der Waals surface area contributed by atoms with Gasteiger partial charge in [-0.2, -0.15) is 0 Å². The van der Waals surface area contributed by atoms with Crippen molar-refractivity contribution in [3.05, 3.63) is 23.5 Å². The maximum Gasteiger partial charge on any atom is 0.0145 e. The topological polar surface area (TPSA) is 15.8 Å². The summed E-state index contributed by atoms with van der Waals surface area (Å²) < 4.78 is 0. The zero-order valence-electron chi connectivity index (χ0n) is 7.06. The van der Waals surface area contributed by atoms with Gasteiger partial charge in [0.2, 0.25) is 0 Å². The van der Waals surface area contributed by atoms with Crippen LogP contribution in [-0.2, 0) is 21.1 Å². The van der Waals surface area contributed by atoms with Crippen molar-refractivity contribution in [2.45, 2.75) is 27.7 Å². The largest absolute Gasteiger partial charge is 0.365 e. The SMILES string of the molecule is CC.Cc1cc[nH]c1C.[W]. The first-order chi connectivity index (χ1) is 4.30. The molecule has 58 valence electrons. The molecule has 1 aromatic heterocycles. The molecule has 0 spiro atoms. The first-order valence-corrected chi connectivity index (χ1v) is 3.41. The van der Waals surface area contributed by atoms with Gasteiger partial charge in [-0.05, 0) is 25.5 Å². The van der Waals surface area contributed by atoms with E-state index in [-0.39, 0.29) is 21.1 Å². The van der Waals surface area contributed by atoms with Gasteiger partial charge in [0, 0.05) is 33.0 Å². The molecule has 0 atom stereocenters. The van der Waals surface area contributed by atoms with Crippen molar-refractivity contribution in [1.29, 1.82) is 0 Å². The van der Waals surface area contributed by atoms with E-state index >= 15 is 0 Å². The Labute approximate surface area is 77.5 Å². The Hall–Kier alpha value is -0.0317. The minimum Gasteiger partial charge on any atom is -0.365 e. The molecule has 0 amide bonds. The molecule has 0 saturated carbocycles. The number of aromatic nitrogens is 1. The van der Waals surface area contributed by atoms with Crippen molar-refractivity contribution in [1.82, 2.24) is 4.98 Å². The third kappa shape index (κ3) is 3.89. The van der Waals surface area contributed by atoms with E-state index < -0.39 is 0 Å². The summed E-state index contributed by atoms with van der Waals surface area (Å²) in [5.74, 6) is 0. The van der Waals surface area contributed by atoms with Gasteiger partial charge in [0.1, 0.15) is 0 Å². The van der Waals surface area contributed by atoms with E-state index in [0.717, 1.165) is 0 Å². The molecule has 0 aromatic carbocycles. The van der Waals surface area contributed by atoms with Gasteiger partial charge in [-0.3, -0.25) is 0 Å². The second kappa shape index (κ2) is 7.08. The molecule has 0 aliphatic carbocycles. The third-order valence-corrected chi connectivity index (χ3v) is 1.22. The molecule has 0 saturated heterocycles. The van der Waals surface area contributed by atoms with Gasteiger partial charge >= 0.3 is 0 Å². The Kier molecular flexibility index (Phi) is 8.94. The molecule has 0 radical (unpaired) electrons. The van der Waals surface area contributed by atoms with Crippen LogP contribution in [0.5, 0.6) is 0 Å². The number of H-pyrrole nitrogens is 1. The normalized spacial score (nSPS) is 7.20. The molecule has 0 bridgehead atoms. The summed E-state index contributed by atoms with van der Waals surface area (Å²) in [6.07, 6.45) is 1.95. The summed E-state index contributed by atoms with van der Waals surface area (Å²) in [5.41, 5.74) is 2.60. The van der Waals surface area contributed by atoms with Crippen LogP contribution in [0.2, 0.25) is 0 Å². The van der Waals surface area contributed by atoms with E-state index in [1.807, 2.05) is 20.0 Å². The maximum atomic E-state index is 3.07. The Morgan fingerprint density at radius 2 is 1.70 bits per heavy atom. The van der Waals surface area contributed by atoms with Gasteiger partial charge < -0.3 is 4.98 Å². The van der Waals surface area contributed by atoms with Gasteiger partial charge in [0.25, 0.3) is 0 Å². The molecule has 1 heterocycles. The molecule has 0 aliphatic rings. The number of aromatic amines is 1. The molecular weight excluding hydrogens is 294 g/mol. The monoisotopic (exact) mass is 309 g/mol. The van der Waals surface area contributed by atoms with E-state index in [2.05, 4.69) is 24.9 Å².